The van der Waals surface area contributed by atoms with E-state index in [1.54, 1.807) is 0 Å². The molecule has 8 heteroatoms. The molecule has 0 bridgehead atoms. The molecule has 0 aliphatic carbocycles. The minimum Gasteiger partial charge on any atom is -0.494 e. The van der Waals surface area contributed by atoms with E-state index >= 15 is 0 Å². The smallest absolute Gasteiger partial charge is 0.303 e. The van der Waals surface area contributed by atoms with Gasteiger partial charge in [-0.2, -0.15) is 0 Å². The van der Waals surface area contributed by atoms with Crippen molar-refractivity contribution >= 4 is 30.3 Å². The number of halogens is 1. The lowest BCUT2D eigenvalue weighted by molar-refractivity contribution is -0.385. The topological polar surface area (TPSA) is 107 Å². The molecule has 1 rings (SSSR count). The fourth-order valence-electron chi connectivity index (χ4n) is 1.30. The van der Waals surface area contributed by atoms with E-state index in [9.17, 15) is 19.7 Å². The molecule has 0 aliphatic rings. The fraction of sp³-hybridized carbons (Fsp3) is 0.273. The number of nitrogens with zero attached hydrogens (tertiary/aromatic N) is 1. The van der Waals surface area contributed by atoms with E-state index in [0.29, 0.717) is 18.5 Å². The van der Waals surface area contributed by atoms with Gasteiger partial charge in [0.1, 0.15) is 5.75 Å². The third-order valence-electron chi connectivity index (χ3n) is 2.13. The summed E-state index contributed by atoms with van der Waals surface area (Å²) in [5.74, 6) is -0.621. The van der Waals surface area contributed by atoms with Crippen LogP contribution in [0.1, 0.15) is 23.2 Å². The largest absolute Gasteiger partial charge is 0.494 e. The molecule has 104 valence electrons. The number of carbonyl (C=O) groups excluding carboxylic acids is 1. The highest BCUT2D eigenvalue weighted by atomic mass is 35.5. The van der Waals surface area contributed by atoms with Crippen LogP contribution in [0.25, 0.3) is 0 Å². The number of hydrogen-bond acceptors (Lipinski definition) is 5. The average molecular weight is 290 g/mol. The summed E-state index contributed by atoms with van der Waals surface area (Å²) in [6, 6.07) is 3.80. The number of benzene rings is 1. The second-order valence-corrected chi connectivity index (χ2v) is 3.44. The molecule has 0 heterocycles. The van der Waals surface area contributed by atoms with Crippen LogP contribution in [0.3, 0.4) is 0 Å². The first kappa shape index (κ1) is 16.9. The number of aliphatic carboxylic acids is 1. The summed E-state index contributed by atoms with van der Waals surface area (Å²) < 4.78 is 5.19. The number of carboxylic acids is 1. The molecule has 1 N–H and O–H groups in total. The van der Waals surface area contributed by atoms with Crippen molar-refractivity contribution in [1.82, 2.24) is 0 Å². The second kappa shape index (κ2) is 8.04. The lowest BCUT2D eigenvalue weighted by Crippen LogP contribution is -2.03. The fourth-order valence-corrected chi connectivity index (χ4v) is 1.30. The van der Waals surface area contributed by atoms with Crippen LogP contribution in [0.15, 0.2) is 18.2 Å². The molecule has 0 atom stereocenters. The summed E-state index contributed by atoms with van der Waals surface area (Å²) >= 11 is 0. The van der Waals surface area contributed by atoms with Crippen LogP contribution < -0.4 is 4.74 Å². The monoisotopic (exact) mass is 289 g/mol. The standard InChI is InChI=1S/C11H11NO6.ClH/c13-7-8-6-9(3-4-10(8)12(16)17)18-5-1-2-11(14)15;/h3-4,6-7H,1-2,5H2,(H,14,15);1H. The Morgan fingerprint density at radius 2 is 2.16 bits per heavy atom. The third kappa shape index (κ3) is 5.35. The molecule has 1 aromatic rings. The van der Waals surface area contributed by atoms with Crippen LogP contribution in [0.5, 0.6) is 5.75 Å². The van der Waals surface area contributed by atoms with E-state index in [1.807, 2.05) is 0 Å². The first-order valence-electron chi connectivity index (χ1n) is 5.13. The Morgan fingerprint density at radius 1 is 1.47 bits per heavy atom. The minimum atomic E-state index is -0.920. The summed E-state index contributed by atoms with van der Waals surface area (Å²) in [6.45, 7) is 0.169. The zero-order valence-electron chi connectivity index (χ0n) is 9.77. The Morgan fingerprint density at radius 3 is 2.68 bits per heavy atom. The quantitative estimate of drug-likeness (QED) is 0.356. The van der Waals surface area contributed by atoms with Crippen molar-refractivity contribution in [3.8, 4) is 5.75 Å². The number of aldehydes is 1. The maximum absolute atomic E-state index is 10.7. The molecule has 0 aliphatic heterocycles. The molecular weight excluding hydrogens is 278 g/mol. The molecule has 1 aromatic carbocycles. The number of nitro groups is 1. The van der Waals surface area contributed by atoms with Gasteiger partial charge in [-0.25, -0.2) is 0 Å². The van der Waals surface area contributed by atoms with E-state index in [0.717, 1.165) is 0 Å². The number of rotatable bonds is 7. The van der Waals surface area contributed by atoms with Crippen LogP contribution in [0.4, 0.5) is 5.69 Å². The van der Waals surface area contributed by atoms with Gasteiger partial charge >= 0.3 is 5.97 Å². The lowest BCUT2D eigenvalue weighted by Gasteiger charge is -2.05. The summed E-state index contributed by atoms with van der Waals surface area (Å²) in [6.07, 6.45) is 0.679. The zero-order valence-corrected chi connectivity index (χ0v) is 10.6. The lowest BCUT2D eigenvalue weighted by atomic mass is 10.2. The first-order chi connectivity index (χ1) is 8.54. The summed E-state index contributed by atoms with van der Waals surface area (Å²) in [5.41, 5.74) is -0.362. The zero-order chi connectivity index (χ0) is 13.5. The van der Waals surface area contributed by atoms with Crippen LogP contribution in [-0.2, 0) is 4.79 Å². The van der Waals surface area contributed by atoms with Crippen molar-refractivity contribution in [3.63, 3.8) is 0 Å². The molecular formula is C11H12ClNO6. The number of nitro benzene ring substituents is 1. The van der Waals surface area contributed by atoms with Crippen molar-refractivity contribution < 1.29 is 24.4 Å². The Labute approximate surface area is 114 Å². The van der Waals surface area contributed by atoms with Crippen molar-refractivity contribution in [2.45, 2.75) is 12.8 Å². The van der Waals surface area contributed by atoms with E-state index in [-0.39, 0.29) is 36.7 Å². The number of hydrogen-bond donors (Lipinski definition) is 1. The highest BCUT2D eigenvalue weighted by Gasteiger charge is 2.13. The number of carboxylic acid groups (broad SMARTS) is 1. The van der Waals surface area contributed by atoms with E-state index < -0.39 is 10.9 Å². The van der Waals surface area contributed by atoms with Crippen molar-refractivity contribution in [3.05, 3.63) is 33.9 Å². The van der Waals surface area contributed by atoms with Gasteiger partial charge in [0.05, 0.1) is 17.1 Å². The number of carbonyl (C=O) groups is 2. The van der Waals surface area contributed by atoms with Gasteiger partial charge in [-0.05, 0) is 18.6 Å². The van der Waals surface area contributed by atoms with E-state index in [1.165, 1.54) is 18.2 Å². The van der Waals surface area contributed by atoms with E-state index in [4.69, 9.17) is 9.84 Å². The molecule has 0 saturated heterocycles. The predicted octanol–water partition coefficient (Wildman–Crippen LogP) is 2.07. The Bertz CT molecular complexity index is 476. The Balaban J connectivity index is 0.00000324. The molecule has 0 amide bonds. The van der Waals surface area contributed by atoms with Crippen molar-refractivity contribution in [2.75, 3.05) is 6.61 Å². The van der Waals surface area contributed by atoms with E-state index in [2.05, 4.69) is 0 Å². The Kier molecular flexibility index (Phi) is 7.13. The number of ether oxygens (including phenoxy) is 1. The highest BCUT2D eigenvalue weighted by molar-refractivity contribution is 5.85. The highest BCUT2D eigenvalue weighted by Crippen LogP contribution is 2.22. The molecule has 19 heavy (non-hydrogen) atoms. The SMILES string of the molecule is Cl.O=Cc1cc(OCCCC(=O)O)ccc1[N+](=O)[O-]. The molecule has 7 nitrogen and oxygen atoms in total. The van der Waals surface area contributed by atoms with Gasteiger partial charge in [-0.3, -0.25) is 19.7 Å². The minimum absolute atomic E-state index is 0. The first-order valence-corrected chi connectivity index (χ1v) is 5.13. The summed E-state index contributed by atoms with van der Waals surface area (Å²) in [5, 5.41) is 19.0. The van der Waals surface area contributed by atoms with Gasteiger partial charge in [0.2, 0.25) is 0 Å². The second-order valence-electron chi connectivity index (χ2n) is 3.44. The van der Waals surface area contributed by atoms with Gasteiger partial charge in [0, 0.05) is 12.5 Å². The maximum Gasteiger partial charge on any atom is 0.303 e. The summed E-state index contributed by atoms with van der Waals surface area (Å²) in [4.78, 5) is 30.8. The van der Waals surface area contributed by atoms with Crippen molar-refractivity contribution in [1.29, 1.82) is 0 Å². The molecule has 0 radical (unpaired) electrons. The van der Waals surface area contributed by atoms with Crippen LogP contribution in [-0.4, -0.2) is 28.9 Å². The molecule has 0 fully saturated rings. The van der Waals surface area contributed by atoms with Crippen LogP contribution in [0.2, 0.25) is 0 Å². The van der Waals surface area contributed by atoms with Gasteiger partial charge in [0.25, 0.3) is 5.69 Å². The van der Waals surface area contributed by atoms with Crippen molar-refractivity contribution in [2.24, 2.45) is 0 Å². The summed E-state index contributed by atoms with van der Waals surface area (Å²) in [7, 11) is 0. The van der Waals surface area contributed by atoms with Crippen LogP contribution in [0, 0.1) is 10.1 Å². The average Bonchev–Trinajstić information content (AvgIpc) is 2.33. The molecule has 0 aromatic heterocycles. The maximum atomic E-state index is 10.7. The normalized spacial score (nSPS) is 9.26. The van der Waals surface area contributed by atoms with Gasteiger partial charge in [-0.1, -0.05) is 0 Å². The van der Waals surface area contributed by atoms with Gasteiger partial charge in [0.15, 0.2) is 6.29 Å². The molecule has 0 unspecified atom stereocenters. The Hall–Kier alpha value is -2.15. The van der Waals surface area contributed by atoms with Gasteiger partial charge < -0.3 is 9.84 Å². The third-order valence-corrected chi connectivity index (χ3v) is 2.13. The predicted molar refractivity (Wildman–Crippen MR) is 68.1 cm³/mol. The molecule has 0 spiro atoms. The van der Waals surface area contributed by atoms with Gasteiger partial charge in [-0.15, -0.1) is 12.4 Å². The van der Waals surface area contributed by atoms with Crippen LogP contribution >= 0.6 is 12.4 Å². The molecule has 0 saturated carbocycles.